The van der Waals surface area contributed by atoms with Gasteiger partial charge in [0.1, 0.15) is 5.75 Å². The van der Waals surface area contributed by atoms with Crippen LogP contribution in [0.2, 0.25) is 0 Å². The van der Waals surface area contributed by atoms with Gasteiger partial charge in [-0.05, 0) is 23.8 Å². The van der Waals surface area contributed by atoms with Gasteiger partial charge >= 0.3 is 0 Å². The lowest BCUT2D eigenvalue weighted by molar-refractivity contribution is -0.129. The van der Waals surface area contributed by atoms with Gasteiger partial charge < -0.3 is 9.84 Å². The summed E-state index contributed by atoms with van der Waals surface area (Å²) in [5, 5.41) is 10.3. The van der Waals surface area contributed by atoms with E-state index in [2.05, 4.69) is 4.98 Å². The third kappa shape index (κ3) is 2.53. The smallest absolute Gasteiger partial charge is 0.293 e. The number of hydrogen-bond donors (Lipinski definition) is 1. The van der Waals surface area contributed by atoms with Gasteiger partial charge in [0, 0.05) is 23.6 Å². The SMILES string of the molecule is CC(COC=O)c1cnc2cc(O)ccc2c1. The lowest BCUT2D eigenvalue weighted by Crippen LogP contribution is -2.03. The molecule has 1 N–H and O–H groups in total. The molecule has 0 saturated carbocycles. The van der Waals surface area contributed by atoms with Crippen molar-refractivity contribution in [1.82, 2.24) is 4.98 Å². The number of phenolic OH excluding ortho intramolecular Hbond substituents is 1. The minimum atomic E-state index is 0.103. The third-order valence-corrected chi connectivity index (χ3v) is 2.67. The molecule has 0 fully saturated rings. The van der Waals surface area contributed by atoms with Crippen molar-refractivity contribution in [2.75, 3.05) is 6.61 Å². The first-order chi connectivity index (χ1) is 8.20. The summed E-state index contributed by atoms with van der Waals surface area (Å²) in [6.45, 7) is 2.75. The molecule has 2 aromatic rings. The van der Waals surface area contributed by atoms with Crippen molar-refractivity contribution >= 4 is 17.4 Å². The van der Waals surface area contributed by atoms with Crippen molar-refractivity contribution < 1.29 is 14.6 Å². The summed E-state index contributed by atoms with van der Waals surface area (Å²) >= 11 is 0. The monoisotopic (exact) mass is 231 g/mol. The van der Waals surface area contributed by atoms with Crippen LogP contribution in [0, 0.1) is 0 Å². The van der Waals surface area contributed by atoms with Crippen LogP contribution in [0.25, 0.3) is 10.9 Å². The second kappa shape index (κ2) is 4.82. The number of carbonyl (C=O) groups excluding carboxylic acids is 1. The van der Waals surface area contributed by atoms with E-state index in [4.69, 9.17) is 4.74 Å². The molecule has 0 bridgehead atoms. The Balaban J connectivity index is 2.31. The van der Waals surface area contributed by atoms with Gasteiger partial charge in [-0.25, -0.2) is 0 Å². The van der Waals surface area contributed by atoms with Crippen LogP contribution < -0.4 is 0 Å². The molecular formula is C13H13NO3. The Hall–Kier alpha value is -2.10. The average Bonchev–Trinajstić information content (AvgIpc) is 2.35. The average molecular weight is 231 g/mol. The van der Waals surface area contributed by atoms with Crippen molar-refractivity contribution in [3.8, 4) is 5.75 Å². The van der Waals surface area contributed by atoms with Gasteiger partial charge in [0.05, 0.1) is 12.1 Å². The van der Waals surface area contributed by atoms with Gasteiger partial charge in [-0.2, -0.15) is 0 Å². The summed E-state index contributed by atoms with van der Waals surface area (Å²) in [5.74, 6) is 0.306. The van der Waals surface area contributed by atoms with Crippen molar-refractivity contribution in [3.05, 3.63) is 36.0 Å². The standard InChI is InChI=1S/C13H13NO3/c1-9(7-17-8-15)11-4-10-2-3-12(16)5-13(10)14-6-11/h2-6,8-9,16H,7H2,1H3. The molecular weight excluding hydrogens is 218 g/mol. The number of pyridine rings is 1. The third-order valence-electron chi connectivity index (χ3n) is 2.67. The Bertz CT molecular complexity index is 539. The van der Waals surface area contributed by atoms with E-state index >= 15 is 0 Å². The first-order valence-corrected chi connectivity index (χ1v) is 5.34. The summed E-state index contributed by atoms with van der Waals surface area (Å²) in [7, 11) is 0. The van der Waals surface area contributed by atoms with Crippen LogP contribution in [0.3, 0.4) is 0 Å². The molecule has 4 nitrogen and oxygen atoms in total. The first kappa shape index (κ1) is 11.4. The fourth-order valence-electron chi connectivity index (χ4n) is 1.68. The second-order valence-corrected chi connectivity index (χ2v) is 3.98. The van der Waals surface area contributed by atoms with Crippen LogP contribution in [0.15, 0.2) is 30.5 Å². The van der Waals surface area contributed by atoms with Crippen LogP contribution in [-0.4, -0.2) is 23.2 Å². The molecule has 0 aliphatic rings. The number of fused-ring (bicyclic) bond motifs is 1. The van der Waals surface area contributed by atoms with Crippen LogP contribution in [0.5, 0.6) is 5.75 Å². The van der Waals surface area contributed by atoms with Gasteiger partial charge in [0.25, 0.3) is 6.47 Å². The molecule has 17 heavy (non-hydrogen) atoms. The number of ether oxygens (including phenoxy) is 1. The summed E-state index contributed by atoms with van der Waals surface area (Å²) in [6, 6.07) is 7.04. The van der Waals surface area contributed by atoms with Crippen LogP contribution in [0.1, 0.15) is 18.4 Å². The Labute approximate surface area is 98.9 Å². The molecule has 88 valence electrons. The minimum Gasteiger partial charge on any atom is -0.508 e. The number of carbonyl (C=O) groups is 1. The molecule has 4 heteroatoms. The van der Waals surface area contributed by atoms with Crippen LogP contribution in [0.4, 0.5) is 0 Å². The normalized spacial score (nSPS) is 12.3. The zero-order chi connectivity index (χ0) is 12.3. The number of aromatic hydroxyl groups is 1. The Morgan fingerprint density at radius 2 is 2.29 bits per heavy atom. The number of nitrogens with zero attached hydrogens (tertiary/aromatic N) is 1. The highest BCUT2D eigenvalue weighted by Gasteiger charge is 2.07. The van der Waals surface area contributed by atoms with Gasteiger partial charge in [-0.1, -0.05) is 6.92 Å². The summed E-state index contributed by atoms with van der Waals surface area (Å²) < 4.78 is 4.73. The van der Waals surface area contributed by atoms with Gasteiger partial charge in [-0.15, -0.1) is 0 Å². The first-order valence-electron chi connectivity index (χ1n) is 5.34. The molecule has 1 heterocycles. The number of benzene rings is 1. The van der Waals surface area contributed by atoms with E-state index in [0.29, 0.717) is 13.1 Å². The summed E-state index contributed by atoms with van der Waals surface area (Å²) in [5.41, 5.74) is 1.75. The molecule has 1 aromatic heterocycles. The van der Waals surface area contributed by atoms with Crippen LogP contribution >= 0.6 is 0 Å². The van der Waals surface area contributed by atoms with Gasteiger partial charge in [0.15, 0.2) is 0 Å². The molecule has 0 spiro atoms. The number of aromatic nitrogens is 1. The maximum atomic E-state index is 10.1. The number of phenols is 1. The largest absolute Gasteiger partial charge is 0.508 e. The van der Waals surface area contributed by atoms with E-state index in [1.165, 1.54) is 0 Å². The fourth-order valence-corrected chi connectivity index (χ4v) is 1.68. The van der Waals surface area contributed by atoms with E-state index in [-0.39, 0.29) is 11.7 Å². The molecule has 0 aliphatic carbocycles. The van der Waals surface area contributed by atoms with Crippen molar-refractivity contribution in [2.24, 2.45) is 0 Å². The minimum absolute atomic E-state index is 0.103. The number of hydrogen-bond acceptors (Lipinski definition) is 4. The van der Waals surface area contributed by atoms with Gasteiger partial charge in [-0.3, -0.25) is 9.78 Å². The highest BCUT2D eigenvalue weighted by Crippen LogP contribution is 2.22. The Kier molecular flexibility index (Phi) is 3.23. The van der Waals surface area contributed by atoms with E-state index in [0.717, 1.165) is 16.5 Å². The van der Waals surface area contributed by atoms with Crippen molar-refractivity contribution in [1.29, 1.82) is 0 Å². The van der Waals surface area contributed by atoms with E-state index in [1.807, 2.05) is 19.1 Å². The molecule has 1 unspecified atom stereocenters. The predicted molar refractivity (Wildman–Crippen MR) is 63.8 cm³/mol. The fraction of sp³-hybridized carbons (Fsp3) is 0.231. The summed E-state index contributed by atoms with van der Waals surface area (Å²) in [6.07, 6.45) is 1.74. The summed E-state index contributed by atoms with van der Waals surface area (Å²) in [4.78, 5) is 14.4. The maximum absolute atomic E-state index is 10.1. The highest BCUT2D eigenvalue weighted by molar-refractivity contribution is 5.80. The van der Waals surface area contributed by atoms with Crippen molar-refractivity contribution in [3.63, 3.8) is 0 Å². The quantitative estimate of drug-likeness (QED) is 0.819. The van der Waals surface area contributed by atoms with E-state index in [9.17, 15) is 9.90 Å². The molecule has 1 atom stereocenters. The topological polar surface area (TPSA) is 59.4 Å². The molecule has 0 aliphatic heterocycles. The van der Waals surface area contributed by atoms with Crippen LogP contribution in [-0.2, 0) is 9.53 Å². The Morgan fingerprint density at radius 3 is 3.06 bits per heavy atom. The zero-order valence-corrected chi connectivity index (χ0v) is 9.46. The van der Waals surface area contributed by atoms with E-state index in [1.54, 1.807) is 18.3 Å². The molecule has 0 radical (unpaired) electrons. The predicted octanol–water partition coefficient (Wildman–Crippen LogP) is 2.22. The lowest BCUT2D eigenvalue weighted by Gasteiger charge is -2.10. The molecule has 2 rings (SSSR count). The van der Waals surface area contributed by atoms with E-state index < -0.39 is 0 Å². The maximum Gasteiger partial charge on any atom is 0.293 e. The molecule has 0 saturated heterocycles. The van der Waals surface area contributed by atoms with Crippen molar-refractivity contribution in [2.45, 2.75) is 12.8 Å². The number of rotatable bonds is 4. The Morgan fingerprint density at radius 1 is 1.47 bits per heavy atom. The molecule has 0 amide bonds. The lowest BCUT2D eigenvalue weighted by atomic mass is 10.0. The van der Waals surface area contributed by atoms with Gasteiger partial charge in [0.2, 0.25) is 0 Å². The highest BCUT2D eigenvalue weighted by atomic mass is 16.5. The zero-order valence-electron chi connectivity index (χ0n) is 9.46. The second-order valence-electron chi connectivity index (χ2n) is 3.98. The molecule has 1 aromatic carbocycles.